The van der Waals surface area contributed by atoms with E-state index in [0.717, 1.165) is 26.6 Å². The van der Waals surface area contributed by atoms with E-state index in [-0.39, 0.29) is 11.9 Å². The first-order valence-electron chi connectivity index (χ1n) is 6.90. The number of carbonyl (C=O) groups excluding carboxylic acids is 1. The van der Waals surface area contributed by atoms with Crippen LogP contribution in [0, 0.1) is 6.92 Å². The molecule has 2 aromatic rings. The molecule has 1 heterocycles. The predicted molar refractivity (Wildman–Crippen MR) is 86.3 cm³/mol. The van der Waals surface area contributed by atoms with E-state index in [9.17, 15) is 4.79 Å². The monoisotopic (exact) mass is 351 g/mol. The van der Waals surface area contributed by atoms with E-state index in [1.165, 1.54) is 0 Å². The summed E-state index contributed by atoms with van der Waals surface area (Å²) in [7, 11) is 1.99. The Morgan fingerprint density at radius 1 is 1.29 bits per heavy atom. The van der Waals surface area contributed by atoms with Crippen molar-refractivity contribution in [2.24, 2.45) is 0 Å². The number of furan rings is 1. The minimum absolute atomic E-state index is 0.00176. The zero-order chi connectivity index (χ0) is 15.4. The quantitative estimate of drug-likeness (QED) is 0.868. The molecule has 0 aliphatic rings. The minimum atomic E-state index is -0.168. The average molecular weight is 352 g/mol. The third-order valence-corrected chi connectivity index (χ3v) is 4.02. The van der Waals surface area contributed by atoms with Crippen molar-refractivity contribution < 1.29 is 14.1 Å². The number of benzene rings is 1. The standard InChI is InChI=1S/C16H19BrN2O2/c1-11-4-9-15(21-11)10-19(3)12(2)16(20)18-14-7-5-13(17)6-8-14/h4-9,12H,10H2,1-3H3,(H,18,20)/p+1/t12-/m1/s1. The van der Waals surface area contributed by atoms with Crippen molar-refractivity contribution in [2.75, 3.05) is 12.4 Å². The van der Waals surface area contributed by atoms with Gasteiger partial charge in [0.05, 0.1) is 7.05 Å². The van der Waals surface area contributed by atoms with Gasteiger partial charge < -0.3 is 14.6 Å². The number of hydrogen-bond donors (Lipinski definition) is 2. The lowest BCUT2D eigenvalue weighted by molar-refractivity contribution is -0.908. The lowest BCUT2D eigenvalue weighted by atomic mass is 10.2. The van der Waals surface area contributed by atoms with Gasteiger partial charge in [0.1, 0.15) is 12.3 Å². The summed E-state index contributed by atoms with van der Waals surface area (Å²) in [6.45, 7) is 4.52. The number of nitrogens with one attached hydrogen (secondary N) is 2. The summed E-state index contributed by atoms with van der Waals surface area (Å²) in [6.07, 6.45) is 0. The molecule has 1 amide bonds. The Morgan fingerprint density at radius 3 is 2.52 bits per heavy atom. The summed E-state index contributed by atoms with van der Waals surface area (Å²) in [5.41, 5.74) is 0.802. The van der Waals surface area contributed by atoms with Crippen LogP contribution in [0.4, 0.5) is 5.69 Å². The molecular formula is C16H20BrN2O2+. The molecule has 0 aliphatic heterocycles. The molecule has 5 heteroatoms. The van der Waals surface area contributed by atoms with Crippen LogP contribution in [-0.4, -0.2) is 19.0 Å². The van der Waals surface area contributed by atoms with Gasteiger partial charge >= 0.3 is 0 Å². The van der Waals surface area contributed by atoms with Crippen LogP contribution in [0.3, 0.4) is 0 Å². The highest BCUT2D eigenvalue weighted by molar-refractivity contribution is 9.10. The van der Waals surface area contributed by atoms with Crippen LogP contribution < -0.4 is 10.2 Å². The van der Waals surface area contributed by atoms with Crippen molar-refractivity contribution in [1.82, 2.24) is 0 Å². The Labute approximate surface area is 133 Å². The molecule has 0 radical (unpaired) electrons. The molecule has 1 unspecified atom stereocenters. The summed E-state index contributed by atoms with van der Waals surface area (Å²) in [5, 5.41) is 2.93. The molecule has 2 rings (SSSR count). The van der Waals surface area contributed by atoms with E-state index in [0.29, 0.717) is 6.54 Å². The van der Waals surface area contributed by atoms with Crippen LogP contribution in [0.1, 0.15) is 18.4 Å². The van der Waals surface area contributed by atoms with E-state index in [4.69, 9.17) is 4.42 Å². The van der Waals surface area contributed by atoms with E-state index >= 15 is 0 Å². The third kappa shape index (κ3) is 4.44. The summed E-state index contributed by atoms with van der Waals surface area (Å²) in [5.74, 6) is 1.79. The maximum atomic E-state index is 12.3. The van der Waals surface area contributed by atoms with Crippen LogP contribution in [0.15, 0.2) is 45.3 Å². The number of aryl methyl sites for hydroxylation is 1. The molecule has 0 spiro atoms. The van der Waals surface area contributed by atoms with Crippen molar-refractivity contribution in [3.63, 3.8) is 0 Å². The van der Waals surface area contributed by atoms with Crippen molar-refractivity contribution in [3.05, 3.63) is 52.4 Å². The summed E-state index contributed by atoms with van der Waals surface area (Å²) < 4.78 is 6.55. The Hall–Kier alpha value is -1.59. The maximum Gasteiger partial charge on any atom is 0.282 e. The molecule has 1 aromatic carbocycles. The zero-order valence-corrected chi connectivity index (χ0v) is 14.0. The van der Waals surface area contributed by atoms with Gasteiger partial charge in [-0.15, -0.1) is 0 Å². The molecule has 112 valence electrons. The molecule has 0 saturated carbocycles. The number of anilines is 1. The largest absolute Gasteiger partial charge is 0.460 e. The van der Waals surface area contributed by atoms with Gasteiger partial charge in [-0.05, 0) is 50.2 Å². The molecule has 2 atom stereocenters. The Morgan fingerprint density at radius 2 is 1.95 bits per heavy atom. The van der Waals surface area contributed by atoms with Gasteiger partial charge in [-0.1, -0.05) is 15.9 Å². The smallest absolute Gasteiger partial charge is 0.282 e. The lowest BCUT2D eigenvalue weighted by Gasteiger charge is -2.20. The van der Waals surface area contributed by atoms with Crippen molar-refractivity contribution >= 4 is 27.5 Å². The molecule has 0 fully saturated rings. The van der Waals surface area contributed by atoms with E-state index in [2.05, 4.69) is 21.2 Å². The van der Waals surface area contributed by atoms with Crippen LogP contribution in [-0.2, 0) is 11.3 Å². The average Bonchev–Trinajstić information content (AvgIpc) is 2.85. The van der Waals surface area contributed by atoms with Gasteiger partial charge in [0.15, 0.2) is 11.8 Å². The fraction of sp³-hybridized carbons (Fsp3) is 0.312. The second kappa shape index (κ2) is 6.91. The number of rotatable bonds is 5. The molecule has 0 saturated heterocycles. The van der Waals surface area contributed by atoms with E-state index in [1.807, 2.05) is 57.3 Å². The summed E-state index contributed by atoms with van der Waals surface area (Å²) in [6, 6.07) is 11.3. The summed E-state index contributed by atoms with van der Waals surface area (Å²) >= 11 is 3.38. The SMILES string of the molecule is Cc1ccc(C[NH+](C)[C@H](C)C(=O)Nc2ccc(Br)cc2)o1. The Balaban J connectivity index is 1.93. The van der Waals surface area contributed by atoms with Gasteiger partial charge in [0.25, 0.3) is 5.91 Å². The number of likely N-dealkylation sites (N-methyl/N-ethyl adjacent to an activating group) is 1. The van der Waals surface area contributed by atoms with Crippen molar-refractivity contribution in [3.8, 4) is 0 Å². The fourth-order valence-electron chi connectivity index (χ4n) is 2.02. The fourth-order valence-corrected chi connectivity index (χ4v) is 2.28. The number of quaternary nitrogens is 1. The highest BCUT2D eigenvalue weighted by Crippen LogP contribution is 2.14. The number of hydrogen-bond acceptors (Lipinski definition) is 2. The first-order valence-corrected chi connectivity index (χ1v) is 7.69. The maximum absolute atomic E-state index is 12.3. The van der Waals surface area contributed by atoms with Gasteiger partial charge in [-0.2, -0.15) is 0 Å². The topological polar surface area (TPSA) is 46.7 Å². The van der Waals surface area contributed by atoms with Gasteiger partial charge in [-0.25, -0.2) is 0 Å². The summed E-state index contributed by atoms with van der Waals surface area (Å²) in [4.78, 5) is 13.3. The van der Waals surface area contributed by atoms with Crippen LogP contribution in [0.5, 0.6) is 0 Å². The lowest BCUT2D eigenvalue weighted by Crippen LogP contribution is -3.12. The Bertz CT molecular complexity index is 607. The zero-order valence-electron chi connectivity index (χ0n) is 12.4. The van der Waals surface area contributed by atoms with E-state index in [1.54, 1.807) is 0 Å². The van der Waals surface area contributed by atoms with Gasteiger partial charge in [0.2, 0.25) is 0 Å². The molecule has 0 aliphatic carbocycles. The highest BCUT2D eigenvalue weighted by Gasteiger charge is 2.22. The highest BCUT2D eigenvalue weighted by atomic mass is 79.9. The molecule has 0 bridgehead atoms. The van der Waals surface area contributed by atoms with Crippen LogP contribution in [0.2, 0.25) is 0 Å². The molecule has 2 N–H and O–H groups in total. The molecule has 4 nitrogen and oxygen atoms in total. The van der Waals surface area contributed by atoms with Crippen molar-refractivity contribution in [1.29, 1.82) is 0 Å². The Kier molecular flexibility index (Phi) is 5.20. The molecular weight excluding hydrogens is 332 g/mol. The van der Waals surface area contributed by atoms with Crippen LogP contribution >= 0.6 is 15.9 Å². The van der Waals surface area contributed by atoms with Gasteiger partial charge in [0, 0.05) is 10.2 Å². The second-order valence-corrected chi connectivity index (χ2v) is 6.17. The second-order valence-electron chi connectivity index (χ2n) is 5.25. The first kappa shape index (κ1) is 15.8. The number of carbonyl (C=O) groups is 1. The normalized spacial score (nSPS) is 13.7. The first-order chi connectivity index (χ1) is 9.95. The number of amides is 1. The van der Waals surface area contributed by atoms with Crippen molar-refractivity contribution in [2.45, 2.75) is 26.4 Å². The predicted octanol–water partition coefficient (Wildman–Crippen LogP) is 2.39. The minimum Gasteiger partial charge on any atom is -0.460 e. The number of halogens is 1. The third-order valence-electron chi connectivity index (χ3n) is 3.49. The van der Waals surface area contributed by atoms with Gasteiger partial charge in [-0.3, -0.25) is 4.79 Å². The van der Waals surface area contributed by atoms with Crippen LogP contribution in [0.25, 0.3) is 0 Å². The molecule has 21 heavy (non-hydrogen) atoms. The molecule has 1 aromatic heterocycles. The van der Waals surface area contributed by atoms with E-state index < -0.39 is 0 Å².